The smallest absolute Gasteiger partial charge is 0.0882 e. The van der Waals surface area contributed by atoms with Crippen molar-refractivity contribution in [2.45, 2.75) is 70.4 Å². The second kappa shape index (κ2) is 4.44. The van der Waals surface area contributed by atoms with Crippen LogP contribution in [0.25, 0.3) is 0 Å². The minimum Gasteiger partial charge on any atom is -0.388 e. The summed E-state index contributed by atoms with van der Waals surface area (Å²) in [6, 6.07) is 0.386. The minimum atomic E-state index is -0.519. The molecule has 3 rings (SSSR count). The Kier molecular flexibility index (Phi) is 3.23. The number of hydrogen-bond donors (Lipinski definition) is 2. The average molecular weight is 266 g/mol. The van der Waals surface area contributed by atoms with E-state index in [-0.39, 0.29) is 5.41 Å². The van der Waals surface area contributed by atoms with Gasteiger partial charge in [0.1, 0.15) is 0 Å². The van der Waals surface area contributed by atoms with E-state index in [4.69, 9.17) is 5.73 Å². The summed E-state index contributed by atoms with van der Waals surface area (Å²) in [5, 5.41) is 11.5. The molecule has 2 unspecified atom stereocenters. The fraction of sp³-hybridized carbons (Fsp3) is 1.00. The molecule has 19 heavy (non-hydrogen) atoms. The van der Waals surface area contributed by atoms with Crippen molar-refractivity contribution in [1.29, 1.82) is 0 Å². The number of nitrogens with two attached hydrogens (primary N) is 1. The van der Waals surface area contributed by atoms with Crippen LogP contribution in [0.4, 0.5) is 0 Å². The molecule has 0 bridgehead atoms. The monoisotopic (exact) mass is 266 g/mol. The van der Waals surface area contributed by atoms with Crippen molar-refractivity contribution in [2.75, 3.05) is 19.6 Å². The van der Waals surface area contributed by atoms with Gasteiger partial charge in [0.2, 0.25) is 0 Å². The van der Waals surface area contributed by atoms with E-state index in [2.05, 4.69) is 18.7 Å². The summed E-state index contributed by atoms with van der Waals surface area (Å²) in [5.74, 6) is 0. The van der Waals surface area contributed by atoms with E-state index in [1.165, 1.54) is 32.2 Å². The highest BCUT2D eigenvalue weighted by Gasteiger charge is 2.60. The molecule has 2 saturated heterocycles. The van der Waals surface area contributed by atoms with Crippen molar-refractivity contribution in [1.82, 2.24) is 4.90 Å². The number of nitrogens with zero attached hydrogens (tertiary/aromatic N) is 1. The summed E-state index contributed by atoms with van der Waals surface area (Å²) in [5.41, 5.74) is 6.09. The third-order valence-electron chi connectivity index (χ3n) is 6.56. The number of rotatable bonds is 2. The maximum absolute atomic E-state index is 11.5. The third kappa shape index (κ3) is 1.97. The normalized spacial score (nSPS) is 41.4. The van der Waals surface area contributed by atoms with Crippen LogP contribution in [-0.2, 0) is 0 Å². The fourth-order valence-corrected chi connectivity index (χ4v) is 4.95. The highest BCUT2D eigenvalue weighted by atomic mass is 16.3. The molecule has 0 amide bonds. The van der Waals surface area contributed by atoms with Crippen molar-refractivity contribution in [3.63, 3.8) is 0 Å². The molecule has 2 heterocycles. The maximum atomic E-state index is 11.5. The predicted octanol–water partition coefficient (Wildman–Crippen LogP) is 2.13. The van der Waals surface area contributed by atoms with Gasteiger partial charge in [0.15, 0.2) is 0 Å². The van der Waals surface area contributed by atoms with Gasteiger partial charge in [-0.15, -0.1) is 0 Å². The second-order valence-corrected chi connectivity index (χ2v) is 8.02. The molecular weight excluding hydrogens is 236 g/mol. The van der Waals surface area contributed by atoms with Crippen molar-refractivity contribution >= 4 is 0 Å². The van der Waals surface area contributed by atoms with Crippen LogP contribution in [0.1, 0.15) is 58.8 Å². The zero-order valence-corrected chi connectivity index (χ0v) is 12.6. The predicted molar refractivity (Wildman–Crippen MR) is 77.9 cm³/mol. The summed E-state index contributed by atoms with van der Waals surface area (Å²) in [7, 11) is 0. The molecule has 2 aliphatic heterocycles. The lowest BCUT2D eigenvalue weighted by Gasteiger charge is -2.53. The van der Waals surface area contributed by atoms with Crippen molar-refractivity contribution < 1.29 is 5.11 Å². The molecule has 1 saturated carbocycles. The molecule has 3 fully saturated rings. The van der Waals surface area contributed by atoms with E-state index in [1.54, 1.807) is 0 Å². The van der Waals surface area contributed by atoms with E-state index >= 15 is 0 Å². The van der Waals surface area contributed by atoms with Gasteiger partial charge in [0, 0.05) is 24.5 Å². The highest BCUT2D eigenvalue weighted by Crippen LogP contribution is 2.55. The Bertz CT molecular complexity index is 345. The van der Waals surface area contributed by atoms with Crippen LogP contribution >= 0.6 is 0 Å². The Labute approximate surface area is 117 Å². The first-order chi connectivity index (χ1) is 8.93. The first-order valence-electron chi connectivity index (χ1n) is 8.09. The van der Waals surface area contributed by atoms with E-state index < -0.39 is 5.60 Å². The Morgan fingerprint density at radius 3 is 2.42 bits per heavy atom. The van der Waals surface area contributed by atoms with Gasteiger partial charge in [-0.2, -0.15) is 0 Å². The lowest BCUT2D eigenvalue weighted by atomic mass is 9.56. The van der Waals surface area contributed by atoms with E-state index in [0.29, 0.717) is 18.0 Å². The summed E-state index contributed by atoms with van der Waals surface area (Å²) in [6.45, 7) is 7.62. The second-order valence-electron chi connectivity index (χ2n) is 8.02. The molecule has 0 aromatic heterocycles. The van der Waals surface area contributed by atoms with E-state index in [1.807, 2.05) is 0 Å². The molecule has 0 radical (unpaired) electrons. The van der Waals surface area contributed by atoms with Gasteiger partial charge < -0.3 is 10.8 Å². The average Bonchev–Trinajstić information content (AvgIpc) is 2.95. The Hall–Kier alpha value is -0.120. The van der Waals surface area contributed by atoms with Crippen LogP contribution in [0, 0.1) is 10.8 Å². The van der Waals surface area contributed by atoms with E-state index in [9.17, 15) is 5.11 Å². The van der Waals surface area contributed by atoms with Crippen LogP contribution in [0.3, 0.4) is 0 Å². The Balaban J connectivity index is 1.86. The summed E-state index contributed by atoms with van der Waals surface area (Å²) >= 11 is 0. The zero-order chi connectivity index (χ0) is 13.7. The van der Waals surface area contributed by atoms with Gasteiger partial charge in [-0.1, -0.05) is 13.8 Å². The van der Waals surface area contributed by atoms with Gasteiger partial charge in [0.05, 0.1) is 5.60 Å². The van der Waals surface area contributed by atoms with Crippen molar-refractivity contribution in [3.8, 4) is 0 Å². The van der Waals surface area contributed by atoms with Crippen LogP contribution in [0.5, 0.6) is 0 Å². The largest absolute Gasteiger partial charge is 0.388 e. The lowest BCUT2D eigenvalue weighted by molar-refractivity contribution is -0.125. The van der Waals surface area contributed by atoms with Crippen LogP contribution in [0.15, 0.2) is 0 Å². The molecule has 0 spiro atoms. The zero-order valence-electron chi connectivity index (χ0n) is 12.6. The van der Waals surface area contributed by atoms with Gasteiger partial charge in [0.25, 0.3) is 0 Å². The van der Waals surface area contributed by atoms with Gasteiger partial charge in [-0.25, -0.2) is 0 Å². The lowest BCUT2D eigenvalue weighted by Crippen LogP contribution is -2.59. The van der Waals surface area contributed by atoms with Crippen molar-refractivity contribution in [3.05, 3.63) is 0 Å². The van der Waals surface area contributed by atoms with Crippen LogP contribution in [-0.4, -0.2) is 41.3 Å². The molecular formula is C16H30N2O. The molecule has 0 aromatic rings. The summed E-state index contributed by atoms with van der Waals surface area (Å²) < 4.78 is 0. The summed E-state index contributed by atoms with van der Waals surface area (Å²) in [4.78, 5) is 2.51. The Morgan fingerprint density at radius 1 is 1.11 bits per heavy atom. The quantitative estimate of drug-likeness (QED) is 0.805. The minimum absolute atomic E-state index is 0.0216. The van der Waals surface area contributed by atoms with Gasteiger partial charge in [-0.3, -0.25) is 4.90 Å². The number of aliphatic hydroxyl groups is 1. The van der Waals surface area contributed by atoms with Gasteiger partial charge >= 0.3 is 0 Å². The molecule has 3 heteroatoms. The fourth-order valence-electron chi connectivity index (χ4n) is 4.95. The number of hydrogen-bond acceptors (Lipinski definition) is 3. The molecule has 3 aliphatic rings. The van der Waals surface area contributed by atoms with E-state index in [0.717, 1.165) is 25.8 Å². The maximum Gasteiger partial charge on any atom is 0.0882 e. The first-order valence-corrected chi connectivity index (χ1v) is 8.09. The van der Waals surface area contributed by atoms with Crippen LogP contribution in [0.2, 0.25) is 0 Å². The number of fused-ring (bicyclic) bond motifs is 1. The molecule has 2 atom stereocenters. The first kappa shape index (κ1) is 13.8. The molecule has 110 valence electrons. The van der Waals surface area contributed by atoms with Crippen LogP contribution < -0.4 is 5.73 Å². The van der Waals surface area contributed by atoms with Crippen molar-refractivity contribution in [2.24, 2.45) is 16.6 Å². The standard InChI is InChI=1S/C16H30N2O/c1-14(2)5-7-15(12-17,8-6-14)16(19)9-11-18-10-3-4-13(16)18/h13,19H,3-12,17H2,1-2H3. The SMILES string of the molecule is CC1(C)CCC(CN)(C2(O)CCN3CCCC32)CC1. The summed E-state index contributed by atoms with van der Waals surface area (Å²) in [6.07, 6.45) is 7.99. The third-order valence-corrected chi connectivity index (χ3v) is 6.56. The molecule has 1 aliphatic carbocycles. The Morgan fingerprint density at radius 2 is 1.79 bits per heavy atom. The molecule has 3 nitrogen and oxygen atoms in total. The topological polar surface area (TPSA) is 49.5 Å². The molecule has 3 N–H and O–H groups in total. The highest BCUT2D eigenvalue weighted by molar-refractivity contribution is 5.13. The van der Waals surface area contributed by atoms with Gasteiger partial charge in [-0.05, 0) is 56.9 Å². The molecule has 0 aromatic carbocycles.